The maximum absolute atomic E-state index is 2.47. The number of quaternary nitrogens is 1. The van der Waals surface area contributed by atoms with E-state index < -0.39 is 0 Å². The van der Waals surface area contributed by atoms with Crippen LogP contribution >= 0.6 is 0 Å². The van der Waals surface area contributed by atoms with Gasteiger partial charge in [-0.1, -0.05) is 18.2 Å². The van der Waals surface area contributed by atoms with Gasteiger partial charge < -0.3 is 27.2 Å². The molecule has 2 nitrogen and oxygen atoms in total. The largest absolute Gasteiger partial charge is 1.00 e. The van der Waals surface area contributed by atoms with Gasteiger partial charge in [-0.25, -0.2) is 0 Å². The predicted molar refractivity (Wildman–Crippen MR) is 53.4 cm³/mol. The maximum atomic E-state index is 2.47. The van der Waals surface area contributed by atoms with Crippen molar-refractivity contribution in [3.05, 3.63) is 35.9 Å². The molecule has 0 amide bonds. The molecule has 1 saturated heterocycles. The fraction of sp³-hybridized carbons (Fsp3) is 0.273. The van der Waals surface area contributed by atoms with Crippen molar-refractivity contribution in [2.45, 2.75) is 6.17 Å². The monoisotopic (exact) mass is 252 g/mol. The Hall–Kier alpha value is -0.800. The van der Waals surface area contributed by atoms with Crippen molar-refractivity contribution in [2.75, 3.05) is 18.0 Å². The van der Waals surface area contributed by atoms with Gasteiger partial charge in [0.15, 0.2) is 6.17 Å². The molecule has 0 spiro atoms. The number of halogens is 1. The lowest BCUT2D eigenvalue weighted by Gasteiger charge is -2.25. The first kappa shape index (κ1) is 9.74. The van der Waals surface area contributed by atoms with Gasteiger partial charge in [-0.3, -0.25) is 0 Å². The third-order valence-corrected chi connectivity index (χ3v) is 2.86. The molecule has 0 aromatic heterocycles. The molecule has 2 aliphatic rings. The zero-order chi connectivity index (χ0) is 8.67. The normalized spacial score (nSPS) is 22.6. The lowest BCUT2D eigenvalue weighted by atomic mass is 10.1. The molecule has 2 heterocycles. The first-order chi connectivity index (χ1) is 6.45. The summed E-state index contributed by atoms with van der Waals surface area (Å²) in [6.45, 7) is 2.38. The summed E-state index contributed by atoms with van der Waals surface area (Å²) in [5, 5.41) is 2.38. The predicted octanol–water partition coefficient (Wildman–Crippen LogP) is -2.57. The highest BCUT2D eigenvalue weighted by molar-refractivity contribution is 5.71. The number of fused-ring (bicyclic) bond motifs is 3. The minimum absolute atomic E-state index is 0. The molecule has 2 aliphatic heterocycles. The third kappa shape index (κ3) is 1.37. The number of rotatable bonds is 0. The number of para-hydroxylation sites is 1. The summed E-state index contributed by atoms with van der Waals surface area (Å²) in [6.07, 6.45) is 5.07. The van der Waals surface area contributed by atoms with E-state index in [9.17, 15) is 0 Å². The molecule has 1 aromatic rings. The Morgan fingerprint density at radius 1 is 1.29 bits per heavy atom. The maximum Gasteiger partial charge on any atom is 0.181 e. The smallest absolute Gasteiger partial charge is 0.181 e. The molecule has 3 rings (SSSR count). The van der Waals surface area contributed by atoms with E-state index in [1.54, 1.807) is 0 Å². The summed E-state index contributed by atoms with van der Waals surface area (Å²) in [6, 6.07) is 8.61. The van der Waals surface area contributed by atoms with Crippen LogP contribution < -0.4 is 27.2 Å². The first-order valence-corrected chi connectivity index (χ1v) is 4.82. The van der Waals surface area contributed by atoms with Crippen LogP contribution in [0.5, 0.6) is 0 Å². The average molecular weight is 253 g/mol. The highest BCUT2D eigenvalue weighted by Gasteiger charge is 2.29. The van der Waals surface area contributed by atoms with Crippen molar-refractivity contribution < 1.29 is 22.3 Å². The van der Waals surface area contributed by atoms with E-state index in [1.807, 2.05) is 0 Å². The van der Waals surface area contributed by atoms with Crippen LogP contribution in [0.3, 0.4) is 0 Å². The Kier molecular flexibility index (Phi) is 2.61. The second-order valence-corrected chi connectivity index (χ2v) is 3.63. The van der Waals surface area contributed by atoms with Gasteiger partial charge in [0.05, 0.1) is 13.1 Å². The Morgan fingerprint density at radius 3 is 3.07 bits per heavy atom. The van der Waals surface area contributed by atoms with Crippen LogP contribution in [-0.4, -0.2) is 19.3 Å². The second kappa shape index (κ2) is 3.75. The number of hydrogen-bond acceptors (Lipinski definition) is 1. The zero-order valence-electron chi connectivity index (χ0n) is 7.86. The number of hydrogen-bond donors (Lipinski definition) is 1. The summed E-state index contributed by atoms with van der Waals surface area (Å²) < 4.78 is 0. The highest BCUT2D eigenvalue weighted by atomic mass is 79.9. The number of nitrogens with zero attached hydrogens (tertiary/aromatic N) is 1. The fourth-order valence-corrected chi connectivity index (χ4v) is 2.22. The Morgan fingerprint density at radius 2 is 2.14 bits per heavy atom. The van der Waals surface area contributed by atoms with Crippen molar-refractivity contribution in [3.8, 4) is 0 Å². The summed E-state index contributed by atoms with van der Waals surface area (Å²) >= 11 is 0. The molecule has 3 heteroatoms. The van der Waals surface area contributed by atoms with Crippen LogP contribution in [0.2, 0.25) is 0 Å². The van der Waals surface area contributed by atoms with E-state index in [2.05, 4.69) is 46.6 Å². The van der Waals surface area contributed by atoms with Crippen molar-refractivity contribution >= 4 is 11.8 Å². The van der Waals surface area contributed by atoms with Crippen molar-refractivity contribution in [3.63, 3.8) is 0 Å². The average Bonchev–Trinajstić information content (AvgIpc) is 2.65. The lowest BCUT2D eigenvalue weighted by Crippen LogP contribution is -3.00. The zero-order valence-corrected chi connectivity index (χ0v) is 9.44. The van der Waals surface area contributed by atoms with Crippen LogP contribution in [0.4, 0.5) is 5.69 Å². The Bertz CT molecular complexity index is 362. The van der Waals surface area contributed by atoms with Gasteiger partial charge in [0.1, 0.15) is 0 Å². The summed E-state index contributed by atoms with van der Waals surface area (Å²) in [5.74, 6) is 0. The van der Waals surface area contributed by atoms with Gasteiger partial charge >= 0.3 is 0 Å². The molecule has 1 unspecified atom stereocenters. The van der Waals surface area contributed by atoms with Gasteiger partial charge in [0.2, 0.25) is 0 Å². The van der Waals surface area contributed by atoms with Crippen LogP contribution in [0.25, 0.3) is 6.08 Å². The molecule has 1 aromatic carbocycles. The van der Waals surface area contributed by atoms with Crippen LogP contribution in [0.1, 0.15) is 5.56 Å². The van der Waals surface area contributed by atoms with Crippen LogP contribution in [0, 0.1) is 0 Å². The van der Waals surface area contributed by atoms with E-state index >= 15 is 0 Å². The molecule has 1 fully saturated rings. The molecule has 14 heavy (non-hydrogen) atoms. The van der Waals surface area contributed by atoms with Crippen LogP contribution in [0.15, 0.2) is 30.3 Å². The Balaban J connectivity index is 0.000000750. The summed E-state index contributed by atoms with van der Waals surface area (Å²) in [7, 11) is 0. The fourth-order valence-electron chi connectivity index (χ4n) is 2.22. The molecule has 0 saturated carbocycles. The molecule has 0 aliphatic carbocycles. The molecular weight excluding hydrogens is 240 g/mol. The van der Waals surface area contributed by atoms with E-state index in [4.69, 9.17) is 0 Å². The van der Waals surface area contributed by atoms with Gasteiger partial charge in [0.25, 0.3) is 0 Å². The van der Waals surface area contributed by atoms with E-state index in [0.29, 0.717) is 6.17 Å². The minimum Gasteiger partial charge on any atom is -1.00 e. The van der Waals surface area contributed by atoms with E-state index in [-0.39, 0.29) is 17.0 Å². The number of anilines is 1. The number of nitrogens with two attached hydrogens (primary N) is 1. The van der Waals surface area contributed by atoms with Gasteiger partial charge in [-0.15, -0.1) is 0 Å². The second-order valence-electron chi connectivity index (χ2n) is 3.63. The quantitative estimate of drug-likeness (QED) is 0.538. The molecular formula is C11H13BrN2. The summed E-state index contributed by atoms with van der Waals surface area (Å²) in [4.78, 5) is 2.47. The van der Waals surface area contributed by atoms with Crippen molar-refractivity contribution in [2.24, 2.45) is 0 Å². The highest BCUT2D eigenvalue weighted by Crippen LogP contribution is 2.27. The topological polar surface area (TPSA) is 19.9 Å². The van der Waals surface area contributed by atoms with Gasteiger partial charge in [0, 0.05) is 5.69 Å². The van der Waals surface area contributed by atoms with Crippen LogP contribution in [-0.2, 0) is 0 Å². The molecule has 2 N–H and O–H groups in total. The SMILES string of the molecule is C1=CC2[NH2+]CCN2c2ccccc21.[Br-]. The van der Waals surface area contributed by atoms with Gasteiger partial charge in [-0.05, 0) is 23.8 Å². The van der Waals surface area contributed by atoms with Crippen molar-refractivity contribution in [1.29, 1.82) is 0 Å². The molecule has 1 atom stereocenters. The van der Waals surface area contributed by atoms with E-state index in [0.717, 1.165) is 0 Å². The molecule has 74 valence electrons. The van der Waals surface area contributed by atoms with Gasteiger partial charge in [-0.2, -0.15) is 0 Å². The molecule has 0 radical (unpaired) electrons. The molecule has 0 bridgehead atoms. The Labute approximate surface area is 94.4 Å². The van der Waals surface area contributed by atoms with E-state index in [1.165, 1.54) is 24.3 Å². The standard InChI is InChI=1S/C11H12N2.BrH/c1-2-4-10-9(3-1)5-6-11-12-7-8-13(10)11;/h1-6,11-12H,7-8H2;1H. The third-order valence-electron chi connectivity index (χ3n) is 2.86. The number of benzene rings is 1. The van der Waals surface area contributed by atoms with Crippen molar-refractivity contribution in [1.82, 2.24) is 0 Å². The summed E-state index contributed by atoms with van der Waals surface area (Å²) in [5.41, 5.74) is 2.75. The minimum atomic E-state index is 0. The lowest BCUT2D eigenvalue weighted by molar-refractivity contribution is -0.658. The first-order valence-electron chi connectivity index (χ1n) is 4.82.